The van der Waals surface area contributed by atoms with Gasteiger partial charge in [0.1, 0.15) is 5.75 Å². The fourth-order valence-corrected chi connectivity index (χ4v) is 3.16. The van der Waals surface area contributed by atoms with Crippen molar-refractivity contribution in [1.29, 1.82) is 0 Å². The summed E-state index contributed by atoms with van der Waals surface area (Å²) in [6.07, 6.45) is 2.24. The first-order chi connectivity index (χ1) is 12.3. The summed E-state index contributed by atoms with van der Waals surface area (Å²) in [4.78, 5) is 33.9. The number of nitrogens with two attached hydrogens (primary N) is 1. The number of amides is 2. The molecular weight excluding hydrogens is 366 g/mol. The molecule has 0 unspecified atom stereocenters. The number of primary amides is 1. The van der Waals surface area contributed by atoms with E-state index < -0.39 is 22.6 Å². The van der Waals surface area contributed by atoms with E-state index in [1.807, 2.05) is 0 Å². The van der Waals surface area contributed by atoms with Gasteiger partial charge in [-0.25, -0.2) is 4.79 Å². The Morgan fingerprint density at radius 1 is 1.38 bits per heavy atom. The molecule has 1 aromatic rings. The zero-order valence-corrected chi connectivity index (χ0v) is 14.8. The number of rotatable bonds is 7. The Labute approximate surface area is 154 Å². The number of benzene rings is 1. The van der Waals surface area contributed by atoms with Gasteiger partial charge in [-0.3, -0.25) is 14.9 Å². The van der Waals surface area contributed by atoms with Gasteiger partial charge in [0.05, 0.1) is 11.5 Å². The molecule has 1 heterocycles. The number of nitro groups is 1. The molecular formula is C16H20ClN3O6. The first-order valence-electron chi connectivity index (χ1n) is 8.18. The predicted octanol–water partition coefficient (Wildman–Crippen LogP) is 2.90. The van der Waals surface area contributed by atoms with Crippen molar-refractivity contribution in [1.82, 2.24) is 4.90 Å². The quantitative estimate of drug-likeness (QED) is 0.420. The average Bonchev–Trinajstić information content (AvgIpc) is 2.59. The zero-order chi connectivity index (χ0) is 19.3. The molecule has 26 heavy (non-hydrogen) atoms. The van der Waals surface area contributed by atoms with E-state index in [2.05, 4.69) is 0 Å². The number of nitro benzene ring substituents is 1. The molecule has 0 saturated carbocycles. The molecule has 1 aliphatic rings. The highest BCUT2D eigenvalue weighted by Gasteiger charge is 2.23. The third-order valence-electron chi connectivity index (χ3n) is 4.40. The van der Waals surface area contributed by atoms with Crippen molar-refractivity contribution in [2.75, 3.05) is 19.7 Å². The summed E-state index contributed by atoms with van der Waals surface area (Å²) in [5, 5.41) is 19.8. The van der Waals surface area contributed by atoms with Gasteiger partial charge in [0.2, 0.25) is 5.91 Å². The smallest absolute Gasteiger partial charge is 0.407 e. The number of carbonyl (C=O) groups is 2. The van der Waals surface area contributed by atoms with Gasteiger partial charge in [-0.2, -0.15) is 0 Å². The van der Waals surface area contributed by atoms with Gasteiger partial charge >= 0.3 is 6.09 Å². The number of hydrogen-bond acceptors (Lipinski definition) is 5. The van der Waals surface area contributed by atoms with Crippen LogP contribution in [-0.4, -0.2) is 46.6 Å². The molecule has 0 aliphatic carbocycles. The van der Waals surface area contributed by atoms with Crippen molar-refractivity contribution in [2.24, 2.45) is 11.7 Å². The van der Waals surface area contributed by atoms with Crippen LogP contribution in [0.25, 0.3) is 0 Å². The monoisotopic (exact) mass is 385 g/mol. The minimum atomic E-state index is -0.891. The topological polar surface area (TPSA) is 136 Å². The number of piperidine rings is 1. The lowest BCUT2D eigenvalue weighted by molar-refractivity contribution is -0.384. The molecule has 142 valence electrons. The van der Waals surface area contributed by atoms with Crippen molar-refractivity contribution in [3.8, 4) is 5.75 Å². The molecule has 0 aromatic heterocycles. The third kappa shape index (κ3) is 4.98. The molecule has 1 aliphatic heterocycles. The Bertz CT molecular complexity index is 703. The van der Waals surface area contributed by atoms with Crippen LogP contribution in [0.15, 0.2) is 12.1 Å². The van der Waals surface area contributed by atoms with E-state index in [0.29, 0.717) is 25.4 Å². The van der Waals surface area contributed by atoms with Crippen LogP contribution in [0.2, 0.25) is 5.02 Å². The number of nitrogens with zero attached hydrogens (tertiary/aromatic N) is 2. The summed E-state index contributed by atoms with van der Waals surface area (Å²) >= 11 is 5.97. The van der Waals surface area contributed by atoms with E-state index in [1.54, 1.807) is 0 Å². The summed E-state index contributed by atoms with van der Waals surface area (Å²) in [5.41, 5.74) is 4.70. The van der Waals surface area contributed by atoms with E-state index >= 15 is 0 Å². The van der Waals surface area contributed by atoms with Crippen LogP contribution in [0.4, 0.5) is 10.5 Å². The lowest BCUT2D eigenvalue weighted by Gasteiger charge is -2.29. The van der Waals surface area contributed by atoms with E-state index in [-0.39, 0.29) is 22.9 Å². The van der Waals surface area contributed by atoms with Crippen molar-refractivity contribution >= 4 is 29.3 Å². The summed E-state index contributed by atoms with van der Waals surface area (Å²) in [5.74, 6) is -0.342. The molecule has 3 N–H and O–H groups in total. The predicted molar refractivity (Wildman–Crippen MR) is 93.7 cm³/mol. The summed E-state index contributed by atoms with van der Waals surface area (Å²) < 4.78 is 5.52. The first kappa shape index (κ1) is 19.8. The lowest BCUT2D eigenvalue weighted by Crippen LogP contribution is -2.37. The van der Waals surface area contributed by atoms with Crippen LogP contribution < -0.4 is 10.5 Å². The van der Waals surface area contributed by atoms with Gasteiger partial charge in [0.15, 0.2) is 5.02 Å². The minimum Gasteiger partial charge on any atom is -0.492 e. The van der Waals surface area contributed by atoms with Crippen molar-refractivity contribution in [3.05, 3.63) is 32.8 Å². The SMILES string of the molecule is NC(=O)c1cc(OCCCC2CCN(C(=O)O)CC2)c(Cl)c([N+](=O)[O-])c1. The van der Waals surface area contributed by atoms with E-state index in [1.165, 1.54) is 11.0 Å². The molecule has 0 spiro atoms. The average molecular weight is 386 g/mol. The summed E-state index contributed by atoms with van der Waals surface area (Å²) in [6, 6.07) is 2.32. The Morgan fingerprint density at radius 3 is 2.58 bits per heavy atom. The molecule has 10 heteroatoms. The summed E-state index contributed by atoms with van der Waals surface area (Å²) in [7, 11) is 0. The van der Waals surface area contributed by atoms with E-state index in [9.17, 15) is 19.7 Å². The largest absolute Gasteiger partial charge is 0.492 e. The summed E-state index contributed by atoms with van der Waals surface area (Å²) in [6.45, 7) is 1.33. The van der Waals surface area contributed by atoms with Gasteiger partial charge < -0.3 is 20.5 Å². The third-order valence-corrected chi connectivity index (χ3v) is 4.78. The Morgan fingerprint density at radius 2 is 2.04 bits per heavy atom. The van der Waals surface area contributed by atoms with Crippen molar-refractivity contribution in [3.63, 3.8) is 0 Å². The van der Waals surface area contributed by atoms with Crippen molar-refractivity contribution in [2.45, 2.75) is 25.7 Å². The maximum absolute atomic E-state index is 11.3. The number of ether oxygens (including phenoxy) is 1. The number of halogens is 1. The first-order valence-corrected chi connectivity index (χ1v) is 8.55. The highest BCUT2D eigenvalue weighted by molar-refractivity contribution is 6.34. The Balaban J connectivity index is 1.89. The minimum absolute atomic E-state index is 0.0443. The lowest BCUT2D eigenvalue weighted by atomic mass is 9.92. The number of carboxylic acid groups (broad SMARTS) is 1. The Hall–Kier alpha value is -2.55. The van der Waals surface area contributed by atoms with Crippen LogP contribution in [0, 0.1) is 16.0 Å². The van der Waals surface area contributed by atoms with Gasteiger partial charge in [0, 0.05) is 24.7 Å². The fourth-order valence-electron chi connectivity index (χ4n) is 2.93. The molecule has 0 radical (unpaired) electrons. The van der Waals surface area contributed by atoms with Gasteiger partial charge in [0.25, 0.3) is 5.69 Å². The second-order valence-electron chi connectivity index (χ2n) is 6.13. The Kier molecular flexibility index (Phi) is 6.62. The molecule has 1 fully saturated rings. The molecule has 2 rings (SSSR count). The number of carbonyl (C=O) groups excluding carboxylic acids is 1. The molecule has 9 nitrogen and oxygen atoms in total. The van der Waals surface area contributed by atoms with Crippen LogP contribution in [0.1, 0.15) is 36.0 Å². The highest BCUT2D eigenvalue weighted by atomic mass is 35.5. The van der Waals surface area contributed by atoms with Gasteiger partial charge in [-0.1, -0.05) is 11.6 Å². The van der Waals surface area contributed by atoms with Crippen molar-refractivity contribution < 1.29 is 24.4 Å². The zero-order valence-electron chi connectivity index (χ0n) is 14.0. The molecule has 2 amide bonds. The molecule has 1 saturated heterocycles. The highest BCUT2D eigenvalue weighted by Crippen LogP contribution is 2.35. The molecule has 0 atom stereocenters. The molecule has 1 aromatic carbocycles. The van der Waals surface area contributed by atoms with Crippen LogP contribution in [-0.2, 0) is 0 Å². The maximum atomic E-state index is 11.3. The number of hydrogen-bond donors (Lipinski definition) is 2. The second kappa shape index (κ2) is 8.70. The van der Waals surface area contributed by atoms with Crippen LogP contribution in [0.5, 0.6) is 5.75 Å². The second-order valence-corrected chi connectivity index (χ2v) is 6.51. The van der Waals surface area contributed by atoms with Gasteiger partial charge in [-0.15, -0.1) is 0 Å². The van der Waals surface area contributed by atoms with E-state index in [0.717, 1.165) is 25.3 Å². The number of likely N-dealkylation sites (tertiary alicyclic amines) is 1. The molecule has 0 bridgehead atoms. The maximum Gasteiger partial charge on any atom is 0.407 e. The van der Waals surface area contributed by atoms with E-state index in [4.69, 9.17) is 27.2 Å². The standard InChI is InChI=1S/C16H20ClN3O6/c17-14-12(20(24)25)8-11(15(18)21)9-13(14)26-7-1-2-10-3-5-19(6-4-10)16(22)23/h8-10H,1-7H2,(H2,18,21)(H,22,23). The van der Waals surface area contributed by atoms with Crippen LogP contribution >= 0.6 is 11.6 Å². The van der Waals surface area contributed by atoms with Crippen LogP contribution in [0.3, 0.4) is 0 Å². The van der Waals surface area contributed by atoms with Gasteiger partial charge in [-0.05, 0) is 37.7 Å². The fraction of sp³-hybridized carbons (Fsp3) is 0.500. The normalized spacial score (nSPS) is 14.9.